The first kappa shape index (κ1) is 14.9. The molecule has 0 spiro atoms. The normalized spacial score (nSPS) is 10.4. The van der Waals surface area contributed by atoms with Crippen LogP contribution in [0.2, 0.25) is 0 Å². The molecule has 23 heavy (non-hydrogen) atoms. The Morgan fingerprint density at radius 2 is 2.00 bits per heavy atom. The molecule has 3 rings (SSSR count). The molecule has 0 saturated carbocycles. The monoisotopic (exact) mass is 328 g/mol. The topological polar surface area (TPSA) is 86.0 Å². The average molecular weight is 328 g/mol. The van der Waals surface area contributed by atoms with Crippen LogP contribution in [0.5, 0.6) is 5.75 Å². The lowest BCUT2D eigenvalue weighted by Gasteiger charge is -2.08. The van der Waals surface area contributed by atoms with Gasteiger partial charge in [0.25, 0.3) is 5.69 Å². The number of aromatic nitrogens is 3. The summed E-state index contributed by atoms with van der Waals surface area (Å²) >= 11 is 5.21. The number of nitrogens with one attached hydrogen (secondary N) is 1. The van der Waals surface area contributed by atoms with Crippen molar-refractivity contribution in [2.45, 2.75) is 6.61 Å². The maximum atomic E-state index is 10.9. The lowest BCUT2D eigenvalue weighted by atomic mass is 10.3. The Morgan fingerprint density at radius 3 is 2.74 bits per heavy atom. The number of nitro groups is 1. The zero-order valence-electron chi connectivity index (χ0n) is 11.9. The van der Waals surface area contributed by atoms with Crippen molar-refractivity contribution in [3.8, 4) is 11.4 Å². The minimum atomic E-state index is -0.451. The number of hydrogen-bond donors (Lipinski definition) is 1. The van der Waals surface area contributed by atoms with E-state index in [4.69, 9.17) is 17.0 Å². The molecule has 0 atom stereocenters. The van der Waals surface area contributed by atoms with Crippen molar-refractivity contribution in [1.29, 1.82) is 0 Å². The van der Waals surface area contributed by atoms with Gasteiger partial charge in [-0.2, -0.15) is 5.10 Å². The number of benzene rings is 2. The van der Waals surface area contributed by atoms with E-state index in [1.165, 1.54) is 12.1 Å². The van der Waals surface area contributed by atoms with Gasteiger partial charge in [-0.05, 0) is 30.4 Å². The van der Waals surface area contributed by atoms with Crippen molar-refractivity contribution in [2.24, 2.45) is 0 Å². The number of para-hydroxylation sites is 1. The van der Waals surface area contributed by atoms with Crippen molar-refractivity contribution in [3.63, 3.8) is 0 Å². The molecule has 3 aromatic rings. The molecule has 0 unspecified atom stereocenters. The van der Waals surface area contributed by atoms with E-state index in [0.717, 1.165) is 0 Å². The van der Waals surface area contributed by atoms with Crippen molar-refractivity contribution in [1.82, 2.24) is 14.8 Å². The van der Waals surface area contributed by atoms with Gasteiger partial charge in [-0.25, -0.2) is 0 Å². The van der Waals surface area contributed by atoms with E-state index in [0.29, 0.717) is 22.0 Å². The van der Waals surface area contributed by atoms with Gasteiger partial charge in [-0.3, -0.25) is 19.8 Å². The van der Waals surface area contributed by atoms with Gasteiger partial charge >= 0.3 is 0 Å². The van der Waals surface area contributed by atoms with Crippen LogP contribution < -0.4 is 4.74 Å². The molecule has 7 nitrogen and oxygen atoms in total. The van der Waals surface area contributed by atoms with Crippen molar-refractivity contribution in [3.05, 3.63) is 75.3 Å². The summed E-state index contributed by atoms with van der Waals surface area (Å²) in [6.07, 6.45) is 0. The quantitative estimate of drug-likeness (QED) is 0.440. The smallest absolute Gasteiger partial charge is 0.271 e. The Hall–Kier alpha value is -3.00. The van der Waals surface area contributed by atoms with E-state index in [9.17, 15) is 10.1 Å². The fourth-order valence-corrected chi connectivity index (χ4v) is 2.36. The van der Waals surface area contributed by atoms with Gasteiger partial charge < -0.3 is 4.74 Å². The highest BCUT2D eigenvalue weighted by Gasteiger charge is 2.12. The number of nitro benzene ring substituents is 1. The van der Waals surface area contributed by atoms with E-state index in [-0.39, 0.29) is 12.3 Å². The predicted molar refractivity (Wildman–Crippen MR) is 86.2 cm³/mol. The van der Waals surface area contributed by atoms with E-state index in [1.54, 1.807) is 16.7 Å². The summed E-state index contributed by atoms with van der Waals surface area (Å²) in [7, 11) is 0. The summed E-state index contributed by atoms with van der Waals surface area (Å²) in [5.41, 5.74) is 0.546. The second kappa shape index (κ2) is 6.41. The van der Waals surface area contributed by atoms with Gasteiger partial charge in [0.05, 0.1) is 10.6 Å². The highest BCUT2D eigenvalue weighted by molar-refractivity contribution is 7.71. The summed E-state index contributed by atoms with van der Waals surface area (Å²) in [5, 5.41) is 17.7. The van der Waals surface area contributed by atoms with E-state index < -0.39 is 4.92 Å². The average Bonchev–Trinajstić information content (AvgIpc) is 2.95. The number of rotatable bonds is 5. The fraction of sp³-hybridized carbons (Fsp3) is 0.0667. The number of ether oxygens (including phenoxy) is 1. The maximum Gasteiger partial charge on any atom is 0.271 e. The van der Waals surface area contributed by atoms with Crippen LogP contribution in [-0.4, -0.2) is 19.7 Å². The first-order valence-corrected chi connectivity index (χ1v) is 7.15. The summed E-state index contributed by atoms with van der Waals surface area (Å²) in [6, 6.07) is 15.5. The van der Waals surface area contributed by atoms with Crippen LogP contribution >= 0.6 is 12.2 Å². The molecule has 1 heterocycles. The van der Waals surface area contributed by atoms with Gasteiger partial charge in [0.1, 0.15) is 12.4 Å². The van der Waals surface area contributed by atoms with Crippen LogP contribution in [0.4, 0.5) is 5.69 Å². The Kier molecular flexibility index (Phi) is 4.15. The first-order chi connectivity index (χ1) is 11.1. The second-order valence-corrected chi connectivity index (χ2v) is 5.05. The van der Waals surface area contributed by atoms with Gasteiger partial charge in [0.15, 0.2) is 10.6 Å². The zero-order chi connectivity index (χ0) is 16.2. The van der Waals surface area contributed by atoms with Crippen molar-refractivity contribution in [2.75, 3.05) is 0 Å². The Bertz CT molecular complexity index is 889. The SMILES string of the molecule is O=[N+]([O-])c1cccc(-n2c(COc3ccccc3)n[nH]c2=S)c1. The fourth-order valence-electron chi connectivity index (χ4n) is 2.10. The Morgan fingerprint density at radius 1 is 1.22 bits per heavy atom. The molecule has 0 aliphatic rings. The van der Waals surface area contributed by atoms with Crippen LogP contribution in [0.15, 0.2) is 54.6 Å². The standard InChI is InChI=1S/C15H12N4O3S/c20-19(21)12-6-4-5-11(9-12)18-14(16-17-15(18)23)10-22-13-7-2-1-3-8-13/h1-9H,10H2,(H,17,23). The minimum absolute atomic E-state index is 0.0134. The third kappa shape index (κ3) is 3.27. The van der Waals surface area contributed by atoms with Crippen molar-refractivity contribution >= 4 is 17.9 Å². The predicted octanol–water partition coefficient (Wildman–Crippen LogP) is 3.42. The Labute approximate surface area is 136 Å². The second-order valence-electron chi connectivity index (χ2n) is 4.66. The maximum absolute atomic E-state index is 10.9. The lowest BCUT2D eigenvalue weighted by Crippen LogP contribution is -2.06. The molecule has 0 saturated heterocycles. The zero-order valence-corrected chi connectivity index (χ0v) is 12.7. The van der Waals surface area contributed by atoms with Gasteiger partial charge in [0.2, 0.25) is 0 Å². The summed E-state index contributed by atoms with van der Waals surface area (Å²) in [6.45, 7) is 0.180. The highest BCUT2D eigenvalue weighted by Crippen LogP contribution is 2.19. The van der Waals surface area contributed by atoms with Crippen LogP contribution in [0, 0.1) is 14.9 Å². The molecule has 0 aliphatic heterocycles. The summed E-state index contributed by atoms with van der Waals surface area (Å²) < 4.78 is 7.62. The van der Waals surface area contributed by atoms with Crippen LogP contribution in [0.25, 0.3) is 5.69 Å². The summed E-state index contributed by atoms with van der Waals surface area (Å²) in [5.74, 6) is 1.23. The molecule has 0 fully saturated rings. The number of aromatic amines is 1. The molecule has 1 N–H and O–H groups in total. The number of hydrogen-bond acceptors (Lipinski definition) is 5. The number of non-ortho nitro benzene ring substituents is 1. The van der Waals surface area contributed by atoms with E-state index in [2.05, 4.69) is 10.2 Å². The molecule has 0 bridgehead atoms. The first-order valence-electron chi connectivity index (χ1n) is 6.74. The van der Waals surface area contributed by atoms with Crippen LogP contribution in [0.1, 0.15) is 5.82 Å². The molecule has 0 amide bonds. The molecule has 8 heteroatoms. The highest BCUT2D eigenvalue weighted by atomic mass is 32.1. The molecule has 2 aromatic carbocycles. The van der Waals surface area contributed by atoms with E-state index in [1.807, 2.05) is 30.3 Å². The molecular weight excluding hydrogens is 316 g/mol. The Balaban J connectivity index is 1.91. The third-order valence-corrected chi connectivity index (χ3v) is 3.43. The number of H-pyrrole nitrogens is 1. The summed E-state index contributed by atoms with van der Waals surface area (Å²) in [4.78, 5) is 10.5. The van der Waals surface area contributed by atoms with Crippen molar-refractivity contribution < 1.29 is 9.66 Å². The van der Waals surface area contributed by atoms with E-state index >= 15 is 0 Å². The van der Waals surface area contributed by atoms with Gasteiger partial charge in [0, 0.05) is 12.1 Å². The minimum Gasteiger partial charge on any atom is -0.486 e. The third-order valence-electron chi connectivity index (χ3n) is 3.15. The number of nitrogens with zero attached hydrogens (tertiary/aromatic N) is 3. The molecular formula is C15H12N4O3S. The van der Waals surface area contributed by atoms with Gasteiger partial charge in [-0.15, -0.1) is 0 Å². The van der Waals surface area contributed by atoms with Gasteiger partial charge in [-0.1, -0.05) is 24.3 Å². The molecule has 0 aliphatic carbocycles. The van der Waals surface area contributed by atoms with Crippen LogP contribution in [-0.2, 0) is 6.61 Å². The lowest BCUT2D eigenvalue weighted by molar-refractivity contribution is -0.384. The molecule has 1 aromatic heterocycles. The molecule has 116 valence electrons. The molecule has 0 radical (unpaired) electrons. The van der Waals surface area contributed by atoms with Crippen LogP contribution in [0.3, 0.4) is 0 Å². The largest absolute Gasteiger partial charge is 0.486 e.